The van der Waals surface area contributed by atoms with E-state index in [9.17, 15) is 17.6 Å². The average molecular weight is 476 g/mol. The van der Waals surface area contributed by atoms with E-state index in [1.54, 1.807) is 12.1 Å². The van der Waals surface area contributed by atoms with Crippen molar-refractivity contribution in [1.82, 2.24) is 4.72 Å². The Kier molecular flexibility index (Phi) is 8.01. The first-order valence-corrected chi connectivity index (χ1v) is 11.8. The first-order valence-electron chi connectivity index (χ1n) is 9.97. The maximum atomic E-state index is 13.5. The Morgan fingerprint density at radius 3 is 2.09 bits per heavy atom. The van der Waals surface area contributed by atoms with Gasteiger partial charge in [-0.3, -0.25) is 4.79 Å². The van der Waals surface area contributed by atoms with Gasteiger partial charge in [-0.25, -0.2) is 12.8 Å². The number of carbonyl (C=O) groups excluding carboxylic acids is 1. The number of benzene rings is 3. The summed E-state index contributed by atoms with van der Waals surface area (Å²) >= 11 is 5.87. The van der Waals surface area contributed by atoms with E-state index in [0.717, 1.165) is 5.56 Å². The van der Waals surface area contributed by atoms with Crippen LogP contribution in [0.1, 0.15) is 35.6 Å². The van der Waals surface area contributed by atoms with Gasteiger partial charge in [-0.2, -0.15) is 4.72 Å². The van der Waals surface area contributed by atoms with Gasteiger partial charge in [-0.1, -0.05) is 48.0 Å². The quantitative estimate of drug-likeness (QED) is 0.440. The van der Waals surface area contributed by atoms with Crippen molar-refractivity contribution in [2.45, 2.75) is 30.2 Å². The van der Waals surface area contributed by atoms with Crippen LogP contribution in [0.15, 0.2) is 77.7 Å². The van der Waals surface area contributed by atoms with Gasteiger partial charge >= 0.3 is 5.97 Å². The van der Waals surface area contributed by atoms with Gasteiger partial charge in [0.25, 0.3) is 0 Å². The zero-order valence-electron chi connectivity index (χ0n) is 17.4. The molecule has 0 fully saturated rings. The molecule has 1 atom stereocenters. The second-order valence-corrected chi connectivity index (χ2v) is 9.38. The molecular formula is C24H23ClFNO4S. The molecule has 1 N–H and O–H groups in total. The van der Waals surface area contributed by atoms with E-state index < -0.39 is 21.9 Å². The van der Waals surface area contributed by atoms with E-state index >= 15 is 0 Å². The molecular weight excluding hydrogens is 453 g/mol. The average Bonchev–Trinajstić information content (AvgIpc) is 2.79. The van der Waals surface area contributed by atoms with E-state index in [4.69, 9.17) is 11.6 Å². The maximum Gasteiger partial charge on any atom is 0.305 e. The van der Waals surface area contributed by atoms with E-state index in [1.807, 2.05) is 24.3 Å². The van der Waals surface area contributed by atoms with Gasteiger partial charge in [0.2, 0.25) is 10.0 Å². The highest BCUT2D eigenvalue weighted by molar-refractivity contribution is 7.89. The summed E-state index contributed by atoms with van der Waals surface area (Å²) in [6, 6.07) is 18.3. The van der Waals surface area contributed by atoms with Crippen molar-refractivity contribution in [2.24, 2.45) is 0 Å². The van der Waals surface area contributed by atoms with Crippen molar-refractivity contribution in [1.29, 1.82) is 0 Å². The molecule has 32 heavy (non-hydrogen) atoms. The summed E-state index contributed by atoms with van der Waals surface area (Å²) in [5.41, 5.74) is 2.31. The van der Waals surface area contributed by atoms with E-state index in [-0.39, 0.29) is 10.9 Å². The molecule has 8 heteroatoms. The summed E-state index contributed by atoms with van der Waals surface area (Å²) < 4.78 is 46.8. The highest BCUT2D eigenvalue weighted by atomic mass is 35.5. The number of hydrogen-bond acceptors (Lipinski definition) is 4. The highest BCUT2D eigenvalue weighted by Gasteiger charge is 2.23. The molecule has 0 bridgehead atoms. The second-order valence-electron chi connectivity index (χ2n) is 7.23. The monoisotopic (exact) mass is 475 g/mol. The topological polar surface area (TPSA) is 72.5 Å². The summed E-state index contributed by atoms with van der Waals surface area (Å²) in [6.45, 7) is 0. The van der Waals surface area contributed by atoms with Gasteiger partial charge in [0, 0.05) is 11.4 Å². The highest BCUT2D eigenvalue weighted by Crippen LogP contribution is 2.26. The second kappa shape index (κ2) is 10.7. The number of carbonyl (C=O) groups is 1. The van der Waals surface area contributed by atoms with Gasteiger partial charge < -0.3 is 4.74 Å². The van der Waals surface area contributed by atoms with E-state index in [2.05, 4.69) is 9.46 Å². The zero-order valence-corrected chi connectivity index (χ0v) is 19.0. The van der Waals surface area contributed by atoms with Crippen LogP contribution in [0.5, 0.6) is 0 Å². The van der Waals surface area contributed by atoms with Crippen molar-refractivity contribution < 1.29 is 22.3 Å². The van der Waals surface area contributed by atoms with Crippen LogP contribution >= 0.6 is 11.6 Å². The summed E-state index contributed by atoms with van der Waals surface area (Å²) in [4.78, 5) is 11.4. The number of hydrogen-bond donors (Lipinski definition) is 1. The molecule has 0 amide bonds. The maximum absolute atomic E-state index is 13.5. The third-order valence-electron chi connectivity index (χ3n) is 4.99. The molecule has 3 aromatic carbocycles. The lowest BCUT2D eigenvalue weighted by Crippen LogP contribution is -2.29. The van der Waals surface area contributed by atoms with Crippen LogP contribution in [-0.2, 0) is 26.0 Å². The molecule has 0 aromatic heterocycles. The number of ether oxygens (including phenoxy) is 1. The Morgan fingerprint density at radius 2 is 1.53 bits per heavy atom. The van der Waals surface area contributed by atoms with Gasteiger partial charge in [0.1, 0.15) is 5.82 Å². The Bertz CT molecular complexity index is 1150. The predicted molar refractivity (Wildman–Crippen MR) is 121 cm³/mol. The Morgan fingerprint density at radius 1 is 0.969 bits per heavy atom. The minimum atomic E-state index is -3.87. The van der Waals surface area contributed by atoms with Crippen molar-refractivity contribution >= 4 is 27.6 Å². The fourth-order valence-corrected chi connectivity index (χ4v) is 4.58. The first-order chi connectivity index (χ1) is 15.3. The van der Waals surface area contributed by atoms with Crippen molar-refractivity contribution in [3.05, 3.63) is 100 Å². The normalized spacial score (nSPS) is 12.3. The van der Waals surface area contributed by atoms with Crippen LogP contribution in [0.2, 0.25) is 5.02 Å². The predicted octanol–water partition coefficient (Wildman–Crippen LogP) is 5.04. The molecule has 0 aliphatic heterocycles. The molecule has 3 rings (SSSR count). The molecule has 0 saturated carbocycles. The van der Waals surface area contributed by atoms with Crippen LogP contribution in [-0.4, -0.2) is 21.5 Å². The van der Waals surface area contributed by atoms with Crippen LogP contribution in [0.3, 0.4) is 0 Å². The van der Waals surface area contributed by atoms with Crippen molar-refractivity contribution in [2.75, 3.05) is 7.11 Å². The smallest absolute Gasteiger partial charge is 0.305 e. The third-order valence-corrected chi connectivity index (χ3v) is 6.68. The summed E-state index contributed by atoms with van der Waals surface area (Å²) in [7, 11) is -2.51. The van der Waals surface area contributed by atoms with Gasteiger partial charge in [0.15, 0.2) is 0 Å². The molecule has 0 saturated heterocycles. The lowest BCUT2D eigenvalue weighted by atomic mass is 9.97. The molecule has 1 unspecified atom stereocenters. The lowest BCUT2D eigenvalue weighted by Gasteiger charge is -2.20. The number of nitrogens with one attached hydrogen (secondary N) is 1. The van der Waals surface area contributed by atoms with Crippen molar-refractivity contribution in [3.63, 3.8) is 0 Å². The molecule has 3 aromatic rings. The Balaban J connectivity index is 1.85. The van der Waals surface area contributed by atoms with Gasteiger partial charge in [-0.15, -0.1) is 0 Å². The molecule has 168 valence electrons. The number of rotatable bonds is 9. The van der Waals surface area contributed by atoms with Gasteiger partial charge in [0.05, 0.1) is 18.0 Å². The van der Waals surface area contributed by atoms with Gasteiger partial charge in [-0.05, 0) is 65.9 Å². The fourth-order valence-electron chi connectivity index (χ4n) is 3.24. The number of methoxy groups -OCH3 is 1. The fraction of sp³-hybridized carbons (Fsp3) is 0.208. The Labute approximate surface area is 192 Å². The SMILES string of the molecule is COC(=O)CCCc1ccc(C(NS(=O)(=O)c2ccc(Cl)cc2)c2ccc(F)cc2)cc1. The number of aryl methyl sites for hydroxylation is 1. The standard InChI is InChI=1S/C24H23ClFNO4S/c1-31-23(28)4-2-3-17-5-7-18(8-6-17)24(19-9-13-21(26)14-10-19)27-32(29,30)22-15-11-20(25)12-16-22/h5-16,24,27H,2-4H2,1H3. The molecule has 0 aliphatic carbocycles. The number of halogens is 2. The zero-order chi connectivity index (χ0) is 23.1. The minimum Gasteiger partial charge on any atom is -0.469 e. The third kappa shape index (κ3) is 6.38. The van der Waals surface area contributed by atoms with Crippen LogP contribution in [0.4, 0.5) is 4.39 Å². The summed E-state index contributed by atoms with van der Waals surface area (Å²) in [5, 5.41) is 0.432. The van der Waals surface area contributed by atoms with Crippen molar-refractivity contribution in [3.8, 4) is 0 Å². The number of sulfonamides is 1. The summed E-state index contributed by atoms with van der Waals surface area (Å²) in [5.74, 6) is -0.663. The molecule has 0 spiro atoms. The first kappa shape index (κ1) is 23.9. The molecule has 0 aliphatic rings. The van der Waals surface area contributed by atoms with Crippen LogP contribution < -0.4 is 4.72 Å². The number of esters is 1. The Hall–Kier alpha value is -2.74. The summed E-state index contributed by atoms with van der Waals surface area (Å²) in [6.07, 6.45) is 1.67. The largest absolute Gasteiger partial charge is 0.469 e. The molecule has 0 heterocycles. The minimum absolute atomic E-state index is 0.0773. The van der Waals surface area contributed by atoms with E-state index in [0.29, 0.717) is 35.4 Å². The van der Waals surface area contributed by atoms with Crippen LogP contribution in [0.25, 0.3) is 0 Å². The van der Waals surface area contributed by atoms with Crippen LogP contribution in [0, 0.1) is 5.82 Å². The molecule has 5 nitrogen and oxygen atoms in total. The lowest BCUT2D eigenvalue weighted by molar-refractivity contribution is -0.140. The molecule has 0 radical (unpaired) electrons. The van der Waals surface area contributed by atoms with E-state index in [1.165, 1.54) is 43.5 Å².